The number of hydrogen-bond donors (Lipinski definition) is 2. The first-order valence-corrected chi connectivity index (χ1v) is 10.4. The van der Waals surface area contributed by atoms with Crippen molar-refractivity contribution in [3.05, 3.63) is 59.7 Å². The summed E-state index contributed by atoms with van der Waals surface area (Å²) < 4.78 is 27.0. The van der Waals surface area contributed by atoms with E-state index < -0.39 is 16.1 Å². The number of benzene rings is 2. The number of sulfonamides is 1. The minimum absolute atomic E-state index is 0. The molecular formula is C20H28ClN3O3S. The van der Waals surface area contributed by atoms with Gasteiger partial charge in [-0.15, -0.1) is 12.4 Å². The standard InChI is InChI=1S/C20H27N3O3S.ClH/c1-4-23(5-2)27(25,26)19-14-17(12-11-15(19)3)22-20(24)18(21)13-16-9-7-6-8-10-16;/h6-12,14,18H,4-5,13,21H2,1-3H3,(H,22,24);1H. The lowest BCUT2D eigenvalue weighted by Gasteiger charge is -2.20. The first kappa shape index (κ1) is 24.1. The maximum Gasteiger partial charge on any atom is 0.243 e. The molecule has 154 valence electrons. The van der Waals surface area contributed by atoms with Gasteiger partial charge in [-0.2, -0.15) is 4.31 Å². The third-order valence-corrected chi connectivity index (χ3v) is 6.61. The Morgan fingerprint density at radius 3 is 2.29 bits per heavy atom. The predicted molar refractivity (Wildman–Crippen MR) is 115 cm³/mol. The molecule has 0 spiro atoms. The number of aryl methyl sites for hydroxylation is 1. The van der Waals surface area contributed by atoms with Crippen molar-refractivity contribution in [1.29, 1.82) is 0 Å². The third kappa shape index (κ3) is 5.78. The van der Waals surface area contributed by atoms with Gasteiger partial charge in [0, 0.05) is 18.8 Å². The minimum atomic E-state index is -3.61. The van der Waals surface area contributed by atoms with Gasteiger partial charge in [-0.3, -0.25) is 4.79 Å². The molecule has 0 fully saturated rings. The van der Waals surface area contributed by atoms with Gasteiger partial charge in [0.15, 0.2) is 0 Å². The summed E-state index contributed by atoms with van der Waals surface area (Å²) in [5.41, 5.74) is 8.02. The van der Waals surface area contributed by atoms with E-state index in [4.69, 9.17) is 5.73 Å². The second-order valence-electron chi connectivity index (χ2n) is 6.36. The summed E-state index contributed by atoms with van der Waals surface area (Å²) in [5, 5.41) is 2.73. The van der Waals surface area contributed by atoms with E-state index in [0.717, 1.165) is 5.56 Å². The van der Waals surface area contributed by atoms with Crippen LogP contribution in [0.4, 0.5) is 5.69 Å². The SMILES string of the molecule is CCN(CC)S(=O)(=O)c1cc(NC(=O)C(N)Cc2ccccc2)ccc1C.Cl. The van der Waals surface area contributed by atoms with Crippen LogP contribution in [-0.2, 0) is 21.2 Å². The van der Waals surface area contributed by atoms with Crippen LogP contribution in [0.15, 0.2) is 53.4 Å². The molecular weight excluding hydrogens is 398 g/mol. The fourth-order valence-electron chi connectivity index (χ4n) is 2.85. The lowest BCUT2D eigenvalue weighted by atomic mass is 10.1. The highest BCUT2D eigenvalue weighted by Crippen LogP contribution is 2.23. The Morgan fingerprint density at radius 1 is 1.11 bits per heavy atom. The normalized spacial score (nSPS) is 12.3. The Kier molecular flexibility index (Phi) is 9.10. The molecule has 3 N–H and O–H groups in total. The molecule has 0 saturated heterocycles. The van der Waals surface area contributed by atoms with E-state index in [1.165, 1.54) is 10.4 Å². The first-order chi connectivity index (χ1) is 12.8. The third-order valence-electron chi connectivity index (χ3n) is 4.41. The molecule has 2 aromatic rings. The molecule has 6 nitrogen and oxygen atoms in total. The Morgan fingerprint density at radius 2 is 1.71 bits per heavy atom. The molecule has 0 aromatic heterocycles. The van der Waals surface area contributed by atoms with Gasteiger partial charge >= 0.3 is 0 Å². The molecule has 28 heavy (non-hydrogen) atoms. The highest BCUT2D eigenvalue weighted by atomic mass is 35.5. The zero-order valence-electron chi connectivity index (χ0n) is 16.4. The zero-order chi connectivity index (χ0) is 20.0. The smallest absolute Gasteiger partial charge is 0.243 e. The molecule has 2 rings (SSSR count). The number of rotatable bonds is 8. The molecule has 0 aliphatic carbocycles. The van der Waals surface area contributed by atoms with Crippen LogP contribution in [0.5, 0.6) is 0 Å². The number of nitrogens with two attached hydrogens (primary N) is 1. The molecule has 0 radical (unpaired) electrons. The van der Waals surface area contributed by atoms with Crippen LogP contribution in [0.3, 0.4) is 0 Å². The monoisotopic (exact) mass is 425 g/mol. The van der Waals surface area contributed by atoms with Gasteiger partial charge < -0.3 is 11.1 Å². The maximum atomic E-state index is 12.8. The van der Waals surface area contributed by atoms with Crippen molar-refractivity contribution < 1.29 is 13.2 Å². The molecule has 0 aliphatic heterocycles. The van der Waals surface area contributed by atoms with Crippen LogP contribution in [0.2, 0.25) is 0 Å². The Hall–Kier alpha value is -1.93. The summed E-state index contributed by atoms with van der Waals surface area (Å²) in [7, 11) is -3.61. The number of carbonyl (C=O) groups excluding carboxylic acids is 1. The van der Waals surface area contributed by atoms with Crippen molar-refractivity contribution >= 4 is 34.0 Å². The van der Waals surface area contributed by atoms with Gasteiger partial charge in [0.2, 0.25) is 15.9 Å². The van der Waals surface area contributed by atoms with Crippen LogP contribution in [0, 0.1) is 6.92 Å². The number of anilines is 1. The predicted octanol–water partition coefficient (Wildman–Crippen LogP) is 2.96. The van der Waals surface area contributed by atoms with Gasteiger partial charge in [-0.05, 0) is 36.6 Å². The summed E-state index contributed by atoms with van der Waals surface area (Å²) in [4.78, 5) is 12.6. The summed E-state index contributed by atoms with van der Waals surface area (Å²) in [6.07, 6.45) is 0.406. The first-order valence-electron chi connectivity index (χ1n) is 9.00. The molecule has 0 aliphatic rings. The molecule has 1 amide bonds. The van der Waals surface area contributed by atoms with Crippen LogP contribution in [-0.4, -0.2) is 37.8 Å². The number of nitrogens with zero attached hydrogens (tertiary/aromatic N) is 1. The summed E-state index contributed by atoms with van der Waals surface area (Å²) in [6.45, 7) is 6.10. The molecule has 1 unspecified atom stereocenters. The second-order valence-corrected chi connectivity index (χ2v) is 8.26. The van der Waals surface area contributed by atoms with E-state index in [0.29, 0.717) is 30.8 Å². The lowest BCUT2D eigenvalue weighted by molar-refractivity contribution is -0.117. The average molecular weight is 426 g/mol. The highest BCUT2D eigenvalue weighted by Gasteiger charge is 2.24. The summed E-state index contributed by atoms with van der Waals surface area (Å²) in [5.74, 6) is -0.353. The number of hydrogen-bond acceptors (Lipinski definition) is 4. The Balaban J connectivity index is 0.00000392. The quantitative estimate of drug-likeness (QED) is 0.680. The number of nitrogens with one attached hydrogen (secondary N) is 1. The van der Waals surface area contributed by atoms with Gasteiger partial charge in [0.25, 0.3) is 0 Å². The van der Waals surface area contributed by atoms with Crippen LogP contribution >= 0.6 is 12.4 Å². The number of carbonyl (C=O) groups is 1. The lowest BCUT2D eigenvalue weighted by Crippen LogP contribution is -2.37. The van der Waals surface area contributed by atoms with Crippen molar-refractivity contribution in [3.8, 4) is 0 Å². The second kappa shape index (κ2) is 10.6. The van der Waals surface area contributed by atoms with E-state index in [1.807, 2.05) is 30.3 Å². The topological polar surface area (TPSA) is 92.5 Å². The molecule has 2 aromatic carbocycles. The molecule has 1 atom stereocenters. The molecule has 0 heterocycles. The fraction of sp³-hybridized carbons (Fsp3) is 0.350. The Bertz CT molecular complexity index is 885. The van der Waals surface area contributed by atoms with Gasteiger partial charge in [0.05, 0.1) is 10.9 Å². The van der Waals surface area contributed by atoms with E-state index in [1.54, 1.807) is 32.9 Å². The van der Waals surface area contributed by atoms with Crippen molar-refractivity contribution in [2.75, 3.05) is 18.4 Å². The van der Waals surface area contributed by atoms with Crippen LogP contribution in [0.1, 0.15) is 25.0 Å². The zero-order valence-corrected chi connectivity index (χ0v) is 18.0. The van der Waals surface area contributed by atoms with Crippen molar-refractivity contribution in [2.24, 2.45) is 5.73 Å². The van der Waals surface area contributed by atoms with E-state index in [-0.39, 0.29) is 23.2 Å². The van der Waals surface area contributed by atoms with Gasteiger partial charge in [-0.1, -0.05) is 50.2 Å². The van der Waals surface area contributed by atoms with Gasteiger partial charge in [-0.25, -0.2) is 8.42 Å². The van der Waals surface area contributed by atoms with Gasteiger partial charge in [0.1, 0.15) is 0 Å². The Labute approximate surface area is 173 Å². The maximum absolute atomic E-state index is 12.8. The van der Waals surface area contributed by atoms with E-state index >= 15 is 0 Å². The van der Waals surface area contributed by atoms with Crippen molar-refractivity contribution in [3.63, 3.8) is 0 Å². The van der Waals surface area contributed by atoms with E-state index in [2.05, 4.69) is 5.32 Å². The molecule has 8 heteroatoms. The van der Waals surface area contributed by atoms with Crippen LogP contribution in [0.25, 0.3) is 0 Å². The number of amides is 1. The summed E-state index contributed by atoms with van der Waals surface area (Å²) >= 11 is 0. The fourth-order valence-corrected chi connectivity index (χ4v) is 4.56. The minimum Gasteiger partial charge on any atom is -0.325 e. The highest BCUT2D eigenvalue weighted by molar-refractivity contribution is 7.89. The molecule has 0 bridgehead atoms. The molecule has 0 saturated carbocycles. The largest absolute Gasteiger partial charge is 0.325 e. The van der Waals surface area contributed by atoms with Crippen LogP contribution < -0.4 is 11.1 Å². The summed E-state index contributed by atoms with van der Waals surface area (Å²) in [6, 6.07) is 13.7. The van der Waals surface area contributed by atoms with E-state index in [9.17, 15) is 13.2 Å². The number of halogens is 1. The average Bonchev–Trinajstić information content (AvgIpc) is 2.64. The van der Waals surface area contributed by atoms with Crippen molar-refractivity contribution in [1.82, 2.24) is 4.31 Å². The van der Waals surface area contributed by atoms with Crippen molar-refractivity contribution in [2.45, 2.75) is 38.1 Å².